The van der Waals surface area contributed by atoms with Gasteiger partial charge in [0.2, 0.25) is 0 Å². The van der Waals surface area contributed by atoms with Crippen molar-refractivity contribution in [1.29, 1.82) is 0 Å². The Balaban J connectivity index is 1.75. The molecule has 4 heteroatoms. The highest BCUT2D eigenvalue weighted by atomic mass is 19.1. The summed E-state index contributed by atoms with van der Waals surface area (Å²) in [4.78, 5) is 2.51. The molecule has 1 aromatic carbocycles. The number of nitrogens with one attached hydrogen (secondary N) is 1. The fourth-order valence-corrected chi connectivity index (χ4v) is 3.12. The van der Waals surface area contributed by atoms with E-state index in [9.17, 15) is 8.78 Å². The minimum absolute atomic E-state index is 0.142. The van der Waals surface area contributed by atoms with Gasteiger partial charge in [-0.15, -0.1) is 0 Å². The lowest BCUT2D eigenvalue weighted by Gasteiger charge is -2.33. The Labute approximate surface area is 126 Å². The van der Waals surface area contributed by atoms with E-state index in [0.29, 0.717) is 6.04 Å². The summed E-state index contributed by atoms with van der Waals surface area (Å²) in [6.07, 6.45) is 4.91. The van der Waals surface area contributed by atoms with Crippen LogP contribution in [-0.4, -0.2) is 30.6 Å². The predicted octanol–water partition coefficient (Wildman–Crippen LogP) is 3.88. The van der Waals surface area contributed by atoms with Crippen LogP contribution in [-0.2, 0) is 0 Å². The number of benzene rings is 1. The Morgan fingerprint density at radius 3 is 2.67 bits per heavy atom. The summed E-state index contributed by atoms with van der Waals surface area (Å²) in [5.41, 5.74) is 0.142. The zero-order chi connectivity index (χ0) is 15.2. The van der Waals surface area contributed by atoms with Gasteiger partial charge in [-0.05, 0) is 64.9 Å². The molecule has 0 saturated carbocycles. The van der Waals surface area contributed by atoms with Gasteiger partial charge in [0.1, 0.15) is 11.6 Å². The SMILES string of the molecule is CC(NCCCN1CCCCC1C)c1c(F)cccc1F. The van der Waals surface area contributed by atoms with Gasteiger partial charge in [0.25, 0.3) is 0 Å². The van der Waals surface area contributed by atoms with Crippen LogP contribution in [0.25, 0.3) is 0 Å². The van der Waals surface area contributed by atoms with Crippen LogP contribution in [0.1, 0.15) is 51.1 Å². The van der Waals surface area contributed by atoms with Gasteiger partial charge < -0.3 is 10.2 Å². The first kappa shape index (κ1) is 16.4. The fourth-order valence-electron chi connectivity index (χ4n) is 3.12. The van der Waals surface area contributed by atoms with Gasteiger partial charge in [0, 0.05) is 17.6 Å². The van der Waals surface area contributed by atoms with Crippen molar-refractivity contribution in [2.45, 2.75) is 51.6 Å². The lowest BCUT2D eigenvalue weighted by atomic mass is 10.0. The monoisotopic (exact) mass is 296 g/mol. The van der Waals surface area contributed by atoms with Crippen molar-refractivity contribution >= 4 is 0 Å². The van der Waals surface area contributed by atoms with Crippen LogP contribution in [0.2, 0.25) is 0 Å². The standard InChI is InChI=1S/C17H26F2N2/c1-13-7-3-4-11-21(13)12-6-10-20-14(2)17-15(18)8-5-9-16(17)19/h5,8-9,13-14,20H,3-4,6-7,10-12H2,1-2H3. The van der Waals surface area contributed by atoms with Gasteiger partial charge in [0.05, 0.1) is 0 Å². The van der Waals surface area contributed by atoms with Crippen LogP contribution in [0.4, 0.5) is 8.78 Å². The Kier molecular flexibility index (Phi) is 6.12. The smallest absolute Gasteiger partial charge is 0.130 e. The Morgan fingerprint density at radius 2 is 2.00 bits per heavy atom. The minimum atomic E-state index is -0.473. The summed E-state index contributed by atoms with van der Waals surface area (Å²) < 4.78 is 27.3. The first-order valence-electron chi connectivity index (χ1n) is 8.01. The molecule has 1 heterocycles. The molecule has 21 heavy (non-hydrogen) atoms. The summed E-state index contributed by atoms with van der Waals surface area (Å²) in [6.45, 7) is 7.10. The second-order valence-electron chi connectivity index (χ2n) is 6.05. The maximum absolute atomic E-state index is 13.7. The lowest BCUT2D eigenvalue weighted by Crippen LogP contribution is -2.39. The third-order valence-electron chi connectivity index (χ3n) is 4.45. The molecule has 0 radical (unpaired) electrons. The molecule has 1 aliphatic heterocycles. The van der Waals surface area contributed by atoms with E-state index in [1.165, 1.54) is 44.0 Å². The molecule has 0 aromatic heterocycles. The Morgan fingerprint density at radius 1 is 1.29 bits per heavy atom. The molecule has 0 aliphatic carbocycles. The van der Waals surface area contributed by atoms with E-state index in [2.05, 4.69) is 17.1 Å². The quantitative estimate of drug-likeness (QED) is 0.801. The van der Waals surface area contributed by atoms with Gasteiger partial charge in [-0.2, -0.15) is 0 Å². The largest absolute Gasteiger partial charge is 0.310 e. The van der Waals surface area contributed by atoms with Crippen LogP contribution < -0.4 is 5.32 Å². The van der Waals surface area contributed by atoms with Gasteiger partial charge in [0.15, 0.2) is 0 Å². The predicted molar refractivity (Wildman–Crippen MR) is 82.3 cm³/mol. The van der Waals surface area contributed by atoms with Crippen molar-refractivity contribution in [2.75, 3.05) is 19.6 Å². The van der Waals surface area contributed by atoms with Gasteiger partial charge in [-0.1, -0.05) is 12.5 Å². The van der Waals surface area contributed by atoms with Crippen molar-refractivity contribution in [3.05, 3.63) is 35.4 Å². The molecule has 1 aromatic rings. The molecule has 2 atom stereocenters. The van der Waals surface area contributed by atoms with Crippen LogP contribution in [0.3, 0.4) is 0 Å². The summed E-state index contributed by atoms with van der Waals surface area (Å²) >= 11 is 0. The number of rotatable bonds is 6. The fraction of sp³-hybridized carbons (Fsp3) is 0.647. The normalized spacial score (nSPS) is 21.4. The number of halogens is 2. The highest BCUT2D eigenvalue weighted by molar-refractivity contribution is 5.22. The average molecular weight is 296 g/mol. The zero-order valence-electron chi connectivity index (χ0n) is 13.0. The molecule has 1 aliphatic rings. The van der Waals surface area contributed by atoms with Crippen LogP contribution in [0.15, 0.2) is 18.2 Å². The molecule has 1 N–H and O–H groups in total. The summed E-state index contributed by atoms with van der Waals surface area (Å²) in [5, 5.41) is 3.23. The van der Waals surface area contributed by atoms with Gasteiger partial charge in [-0.25, -0.2) is 8.78 Å². The van der Waals surface area contributed by atoms with E-state index in [-0.39, 0.29) is 11.6 Å². The van der Waals surface area contributed by atoms with Crippen molar-refractivity contribution in [3.8, 4) is 0 Å². The molecule has 2 rings (SSSR count). The molecular weight excluding hydrogens is 270 g/mol. The molecule has 0 amide bonds. The van der Waals surface area contributed by atoms with Crippen LogP contribution in [0.5, 0.6) is 0 Å². The lowest BCUT2D eigenvalue weighted by molar-refractivity contribution is 0.158. The van der Waals surface area contributed by atoms with E-state index in [1.54, 1.807) is 0 Å². The van der Waals surface area contributed by atoms with Crippen molar-refractivity contribution in [1.82, 2.24) is 10.2 Å². The molecule has 2 unspecified atom stereocenters. The Bertz CT molecular complexity index is 430. The van der Waals surface area contributed by atoms with Crippen molar-refractivity contribution < 1.29 is 8.78 Å². The topological polar surface area (TPSA) is 15.3 Å². The van der Waals surface area contributed by atoms with Crippen LogP contribution >= 0.6 is 0 Å². The molecule has 0 bridgehead atoms. The highest BCUT2D eigenvalue weighted by Crippen LogP contribution is 2.20. The summed E-state index contributed by atoms with van der Waals surface area (Å²) in [6, 6.07) is 4.39. The summed E-state index contributed by atoms with van der Waals surface area (Å²) in [7, 11) is 0. The number of likely N-dealkylation sites (tertiary alicyclic amines) is 1. The van der Waals surface area contributed by atoms with E-state index in [0.717, 1.165) is 19.5 Å². The number of piperidine rings is 1. The average Bonchev–Trinajstić information content (AvgIpc) is 2.45. The van der Waals surface area contributed by atoms with E-state index in [4.69, 9.17) is 0 Å². The molecular formula is C17H26F2N2. The third-order valence-corrected chi connectivity index (χ3v) is 4.45. The first-order chi connectivity index (χ1) is 10.1. The number of nitrogens with zero attached hydrogens (tertiary/aromatic N) is 1. The third kappa shape index (κ3) is 4.48. The molecule has 118 valence electrons. The van der Waals surface area contributed by atoms with E-state index in [1.807, 2.05) is 6.92 Å². The maximum atomic E-state index is 13.7. The van der Waals surface area contributed by atoms with Gasteiger partial charge in [-0.3, -0.25) is 0 Å². The molecule has 1 saturated heterocycles. The van der Waals surface area contributed by atoms with Crippen LogP contribution in [0, 0.1) is 11.6 Å². The maximum Gasteiger partial charge on any atom is 0.130 e. The second-order valence-corrected chi connectivity index (χ2v) is 6.05. The molecule has 1 fully saturated rings. The second kappa shape index (κ2) is 7.85. The zero-order valence-corrected chi connectivity index (χ0v) is 13.0. The minimum Gasteiger partial charge on any atom is -0.310 e. The van der Waals surface area contributed by atoms with Gasteiger partial charge >= 0.3 is 0 Å². The molecule has 0 spiro atoms. The van der Waals surface area contributed by atoms with Crippen molar-refractivity contribution in [3.63, 3.8) is 0 Å². The Hall–Kier alpha value is -1.00. The molecule has 2 nitrogen and oxygen atoms in total. The highest BCUT2D eigenvalue weighted by Gasteiger charge is 2.18. The van der Waals surface area contributed by atoms with E-state index < -0.39 is 11.6 Å². The van der Waals surface area contributed by atoms with E-state index >= 15 is 0 Å². The number of hydrogen-bond acceptors (Lipinski definition) is 2. The first-order valence-corrected chi connectivity index (χ1v) is 8.01. The number of hydrogen-bond donors (Lipinski definition) is 1. The summed E-state index contributed by atoms with van der Waals surface area (Å²) in [5.74, 6) is -0.945. The van der Waals surface area contributed by atoms with Crippen molar-refractivity contribution in [2.24, 2.45) is 0 Å².